The Hall–Kier alpha value is -1.50. The number of amides is 1. The highest BCUT2D eigenvalue weighted by atomic mass is 19.3. The summed E-state index contributed by atoms with van der Waals surface area (Å²) < 4.78 is 27.6. The van der Waals surface area contributed by atoms with Crippen LogP contribution < -0.4 is 5.32 Å². The van der Waals surface area contributed by atoms with Crippen LogP contribution in [0.2, 0.25) is 0 Å². The minimum absolute atomic E-state index is 0.0368. The van der Waals surface area contributed by atoms with E-state index < -0.39 is 12.3 Å². The summed E-state index contributed by atoms with van der Waals surface area (Å²) in [5.41, 5.74) is -0.545. The molecule has 1 saturated carbocycles. The maximum Gasteiger partial charge on any atom is 0.272 e. The third-order valence-corrected chi connectivity index (χ3v) is 3.74. The third-order valence-electron chi connectivity index (χ3n) is 3.74. The van der Waals surface area contributed by atoms with Crippen molar-refractivity contribution in [3.8, 4) is 0 Å². The molecule has 1 aromatic heterocycles. The number of rotatable bonds is 8. The van der Waals surface area contributed by atoms with Crippen molar-refractivity contribution < 1.29 is 18.7 Å². The van der Waals surface area contributed by atoms with Gasteiger partial charge in [0.25, 0.3) is 12.3 Å². The fourth-order valence-electron chi connectivity index (χ4n) is 2.54. The van der Waals surface area contributed by atoms with E-state index in [9.17, 15) is 13.6 Å². The molecule has 0 aromatic carbocycles. The fourth-order valence-corrected chi connectivity index (χ4v) is 2.54. The smallest absolute Gasteiger partial charge is 0.272 e. The summed E-state index contributed by atoms with van der Waals surface area (Å²) in [5.74, 6) is 0.00180. The van der Waals surface area contributed by atoms with E-state index in [1.165, 1.54) is 10.9 Å². The minimum Gasteiger partial charge on any atom is -0.396 e. The molecule has 1 atom stereocenters. The zero-order valence-corrected chi connectivity index (χ0v) is 12.9. The predicted octanol–water partition coefficient (Wildman–Crippen LogP) is 2.37. The number of halogens is 2. The Morgan fingerprint density at radius 2 is 2.18 bits per heavy atom. The van der Waals surface area contributed by atoms with Crippen LogP contribution >= 0.6 is 0 Å². The first-order chi connectivity index (χ1) is 10.4. The standard InChI is InChI=1S/C15H23F2N3O2/c1-9(2)7-20-8-11(14(16)17)13(19-20)15(22)18-12(5-6-21)10-3-4-10/h8-10,12,14,21H,3-7H2,1-2H3,(H,18,22). The number of aliphatic hydroxyl groups excluding tert-OH is 1. The van der Waals surface area contributed by atoms with E-state index in [0.717, 1.165) is 12.8 Å². The van der Waals surface area contributed by atoms with Gasteiger partial charge >= 0.3 is 0 Å². The van der Waals surface area contributed by atoms with Crippen LogP contribution in [0.1, 0.15) is 55.6 Å². The lowest BCUT2D eigenvalue weighted by atomic mass is 10.1. The number of hydrogen-bond donors (Lipinski definition) is 2. The molecule has 1 fully saturated rings. The Balaban J connectivity index is 2.14. The number of carbonyl (C=O) groups is 1. The maximum absolute atomic E-state index is 13.1. The molecule has 0 bridgehead atoms. The Morgan fingerprint density at radius 1 is 1.50 bits per heavy atom. The van der Waals surface area contributed by atoms with Crippen molar-refractivity contribution in [2.45, 2.75) is 52.1 Å². The first-order valence-electron chi connectivity index (χ1n) is 7.69. The third kappa shape index (κ3) is 4.25. The first kappa shape index (κ1) is 16.9. The van der Waals surface area contributed by atoms with Gasteiger partial charge in [-0.15, -0.1) is 0 Å². The zero-order valence-electron chi connectivity index (χ0n) is 12.9. The summed E-state index contributed by atoms with van der Waals surface area (Å²) >= 11 is 0. The van der Waals surface area contributed by atoms with E-state index >= 15 is 0 Å². The lowest BCUT2D eigenvalue weighted by molar-refractivity contribution is 0.0905. The lowest BCUT2D eigenvalue weighted by Crippen LogP contribution is -2.37. The number of nitrogens with one attached hydrogen (secondary N) is 1. The lowest BCUT2D eigenvalue weighted by Gasteiger charge is -2.16. The normalized spacial score (nSPS) is 16.3. The first-order valence-corrected chi connectivity index (χ1v) is 7.69. The van der Waals surface area contributed by atoms with Crippen LogP contribution in [0.5, 0.6) is 0 Å². The van der Waals surface area contributed by atoms with E-state index in [-0.39, 0.29) is 29.8 Å². The molecule has 0 radical (unpaired) electrons. The molecule has 1 heterocycles. The van der Waals surface area contributed by atoms with Crippen LogP contribution in [0.4, 0.5) is 8.78 Å². The molecule has 0 saturated heterocycles. The Bertz CT molecular complexity index is 513. The van der Waals surface area contributed by atoms with Crippen LogP contribution in [0.25, 0.3) is 0 Å². The second-order valence-corrected chi connectivity index (χ2v) is 6.28. The van der Waals surface area contributed by atoms with Crippen molar-refractivity contribution in [1.82, 2.24) is 15.1 Å². The summed E-state index contributed by atoms with van der Waals surface area (Å²) in [6, 6.07) is -0.168. The summed E-state index contributed by atoms with van der Waals surface area (Å²) in [6.45, 7) is 4.35. The molecule has 1 aliphatic carbocycles. The minimum atomic E-state index is -2.74. The van der Waals surface area contributed by atoms with Gasteiger partial charge in [0, 0.05) is 25.4 Å². The van der Waals surface area contributed by atoms with Gasteiger partial charge in [-0.1, -0.05) is 13.8 Å². The molecule has 1 amide bonds. The molecule has 1 aliphatic rings. The molecule has 5 nitrogen and oxygen atoms in total. The summed E-state index contributed by atoms with van der Waals surface area (Å²) in [5, 5.41) is 15.8. The molecule has 0 aliphatic heterocycles. The van der Waals surface area contributed by atoms with E-state index in [1.54, 1.807) is 0 Å². The Morgan fingerprint density at radius 3 is 2.68 bits per heavy atom. The van der Waals surface area contributed by atoms with Gasteiger partial charge in [-0.2, -0.15) is 5.10 Å². The monoisotopic (exact) mass is 315 g/mol. The SMILES string of the molecule is CC(C)Cn1cc(C(F)F)c(C(=O)NC(CCO)C2CC2)n1. The molecule has 124 valence electrons. The van der Waals surface area contributed by atoms with Crippen molar-refractivity contribution >= 4 is 5.91 Å². The predicted molar refractivity (Wildman–Crippen MR) is 77.7 cm³/mol. The number of aromatic nitrogens is 2. The maximum atomic E-state index is 13.1. The molecule has 22 heavy (non-hydrogen) atoms. The Labute approximate surface area is 128 Å². The molecule has 1 aromatic rings. The zero-order chi connectivity index (χ0) is 16.3. The van der Waals surface area contributed by atoms with E-state index in [4.69, 9.17) is 5.11 Å². The van der Waals surface area contributed by atoms with Crippen LogP contribution in [-0.4, -0.2) is 33.4 Å². The van der Waals surface area contributed by atoms with E-state index in [2.05, 4.69) is 10.4 Å². The molecular formula is C15H23F2N3O2. The molecule has 2 N–H and O–H groups in total. The fraction of sp³-hybridized carbons (Fsp3) is 0.733. The second kappa shape index (κ2) is 7.17. The number of aliphatic hydroxyl groups is 1. The highest BCUT2D eigenvalue weighted by molar-refractivity contribution is 5.94. The number of nitrogens with zero attached hydrogens (tertiary/aromatic N) is 2. The highest BCUT2D eigenvalue weighted by Crippen LogP contribution is 2.34. The number of hydrogen-bond acceptors (Lipinski definition) is 3. The molecule has 1 unspecified atom stereocenters. The van der Waals surface area contributed by atoms with E-state index in [1.807, 2.05) is 13.8 Å². The topological polar surface area (TPSA) is 67.2 Å². The van der Waals surface area contributed by atoms with E-state index in [0.29, 0.717) is 18.9 Å². The van der Waals surface area contributed by atoms with Crippen molar-refractivity contribution in [3.63, 3.8) is 0 Å². The number of alkyl halides is 2. The van der Waals surface area contributed by atoms with Crippen molar-refractivity contribution in [2.75, 3.05) is 6.61 Å². The summed E-state index contributed by atoms with van der Waals surface area (Å²) in [6.07, 6.45) is 0.937. The van der Waals surface area contributed by atoms with Gasteiger partial charge in [0.1, 0.15) is 0 Å². The Kier molecular flexibility index (Phi) is 5.50. The van der Waals surface area contributed by atoms with Gasteiger partial charge in [-0.05, 0) is 31.1 Å². The molecule has 7 heteroatoms. The quantitative estimate of drug-likeness (QED) is 0.774. The highest BCUT2D eigenvalue weighted by Gasteiger charge is 2.33. The van der Waals surface area contributed by atoms with Gasteiger partial charge in [-0.25, -0.2) is 8.78 Å². The van der Waals surface area contributed by atoms with Gasteiger partial charge in [0.2, 0.25) is 0 Å². The van der Waals surface area contributed by atoms with Crippen molar-refractivity contribution in [3.05, 3.63) is 17.5 Å². The average molecular weight is 315 g/mol. The van der Waals surface area contributed by atoms with Crippen LogP contribution in [0.15, 0.2) is 6.20 Å². The van der Waals surface area contributed by atoms with Gasteiger partial charge in [0.05, 0.1) is 5.56 Å². The van der Waals surface area contributed by atoms with Gasteiger partial charge in [0.15, 0.2) is 5.69 Å². The number of carbonyl (C=O) groups excluding carboxylic acids is 1. The summed E-state index contributed by atoms with van der Waals surface area (Å²) in [4.78, 5) is 12.3. The van der Waals surface area contributed by atoms with Gasteiger partial charge in [-0.3, -0.25) is 9.48 Å². The second-order valence-electron chi connectivity index (χ2n) is 6.28. The largest absolute Gasteiger partial charge is 0.396 e. The average Bonchev–Trinajstić information content (AvgIpc) is 3.18. The van der Waals surface area contributed by atoms with Crippen molar-refractivity contribution in [1.29, 1.82) is 0 Å². The molecule has 0 spiro atoms. The van der Waals surface area contributed by atoms with Crippen LogP contribution in [-0.2, 0) is 6.54 Å². The van der Waals surface area contributed by atoms with Gasteiger partial charge < -0.3 is 10.4 Å². The van der Waals surface area contributed by atoms with Crippen LogP contribution in [0, 0.1) is 11.8 Å². The van der Waals surface area contributed by atoms with Crippen LogP contribution in [0.3, 0.4) is 0 Å². The molecule has 2 rings (SSSR count). The van der Waals surface area contributed by atoms with Crippen molar-refractivity contribution in [2.24, 2.45) is 11.8 Å². The molecular weight excluding hydrogens is 292 g/mol. The summed E-state index contributed by atoms with van der Waals surface area (Å²) in [7, 11) is 0.